The lowest BCUT2D eigenvalue weighted by Crippen LogP contribution is -2.17. The molecule has 1 amide bonds. The van der Waals surface area contributed by atoms with E-state index in [2.05, 4.69) is 10.3 Å². The molecule has 1 aromatic carbocycles. The molecule has 6 heteroatoms. The molecule has 6 nitrogen and oxygen atoms in total. The molecule has 0 unspecified atom stereocenters. The number of anilines is 1. The summed E-state index contributed by atoms with van der Waals surface area (Å²) in [6.45, 7) is 1.19. The van der Waals surface area contributed by atoms with Gasteiger partial charge in [-0.2, -0.15) is 0 Å². The van der Waals surface area contributed by atoms with Crippen molar-refractivity contribution in [2.75, 3.05) is 18.5 Å². The number of hydrogen-bond acceptors (Lipinski definition) is 4. The number of H-pyrrole nitrogens is 1. The normalized spacial score (nSPS) is 13.3. The summed E-state index contributed by atoms with van der Waals surface area (Å²) in [5.74, 6) is 0.882. The van der Waals surface area contributed by atoms with Crippen LogP contribution in [0.15, 0.2) is 41.2 Å². The Morgan fingerprint density at radius 1 is 1.10 bits per heavy atom. The zero-order valence-corrected chi connectivity index (χ0v) is 11.2. The molecule has 3 rings (SSSR count). The number of carbonyl (C=O) groups excluding carboxylic acids is 1. The van der Waals surface area contributed by atoms with Gasteiger partial charge in [-0.1, -0.05) is 6.07 Å². The summed E-state index contributed by atoms with van der Waals surface area (Å²) in [7, 11) is 0. The molecule has 0 saturated carbocycles. The molecule has 0 saturated heterocycles. The molecule has 1 aliphatic heterocycles. The van der Waals surface area contributed by atoms with Crippen LogP contribution >= 0.6 is 0 Å². The maximum atomic E-state index is 12.0. The molecule has 0 aliphatic carbocycles. The van der Waals surface area contributed by atoms with Crippen molar-refractivity contribution in [1.29, 1.82) is 0 Å². The quantitative estimate of drug-likeness (QED) is 0.882. The standard InChI is InChI=1S/C15H14N2O4/c18-14-4-1-3-11(17-14)15(19)16-10-5-6-12-13(9-10)21-8-2-7-20-12/h1,3-6,9H,2,7-8H2,(H,16,19)(H,17,18). The van der Waals surface area contributed by atoms with Crippen molar-refractivity contribution in [2.24, 2.45) is 0 Å². The lowest BCUT2D eigenvalue weighted by molar-refractivity contribution is 0.102. The second-order valence-electron chi connectivity index (χ2n) is 4.59. The summed E-state index contributed by atoms with van der Waals surface area (Å²) < 4.78 is 11.1. The molecular weight excluding hydrogens is 272 g/mol. The second-order valence-corrected chi connectivity index (χ2v) is 4.59. The summed E-state index contributed by atoms with van der Waals surface area (Å²) in [4.78, 5) is 25.7. The highest BCUT2D eigenvalue weighted by molar-refractivity contribution is 6.02. The number of hydrogen-bond donors (Lipinski definition) is 2. The molecule has 108 valence electrons. The molecular formula is C15H14N2O4. The second kappa shape index (κ2) is 5.70. The third-order valence-corrected chi connectivity index (χ3v) is 3.02. The van der Waals surface area contributed by atoms with Gasteiger partial charge in [-0.15, -0.1) is 0 Å². The van der Waals surface area contributed by atoms with Gasteiger partial charge in [0.2, 0.25) is 5.56 Å². The van der Waals surface area contributed by atoms with Crippen molar-refractivity contribution >= 4 is 11.6 Å². The summed E-state index contributed by atoms with van der Waals surface area (Å²) in [5.41, 5.74) is 0.463. The number of pyridine rings is 1. The van der Waals surface area contributed by atoms with Gasteiger partial charge >= 0.3 is 0 Å². The van der Waals surface area contributed by atoms with Gasteiger partial charge in [0.15, 0.2) is 11.5 Å². The predicted molar refractivity (Wildman–Crippen MR) is 77.1 cm³/mol. The number of fused-ring (bicyclic) bond motifs is 1. The van der Waals surface area contributed by atoms with Crippen molar-refractivity contribution in [3.8, 4) is 11.5 Å². The van der Waals surface area contributed by atoms with Crippen LogP contribution in [0.5, 0.6) is 11.5 Å². The molecule has 2 heterocycles. The molecule has 0 fully saturated rings. The van der Waals surface area contributed by atoms with Crippen LogP contribution in [0.1, 0.15) is 16.9 Å². The van der Waals surface area contributed by atoms with E-state index in [0.29, 0.717) is 30.4 Å². The number of benzene rings is 1. The van der Waals surface area contributed by atoms with Crippen LogP contribution in [0.4, 0.5) is 5.69 Å². The van der Waals surface area contributed by atoms with Crippen molar-refractivity contribution in [1.82, 2.24) is 4.98 Å². The van der Waals surface area contributed by atoms with Gasteiger partial charge in [0.25, 0.3) is 5.91 Å². The van der Waals surface area contributed by atoms with E-state index in [1.165, 1.54) is 12.1 Å². The first-order valence-corrected chi connectivity index (χ1v) is 6.63. The molecule has 0 bridgehead atoms. The topological polar surface area (TPSA) is 80.4 Å². The Bertz CT molecular complexity index is 724. The first kappa shape index (κ1) is 13.2. The van der Waals surface area contributed by atoms with Crippen LogP contribution in [-0.4, -0.2) is 24.1 Å². The zero-order chi connectivity index (χ0) is 14.7. The molecule has 2 N–H and O–H groups in total. The van der Waals surface area contributed by atoms with Crippen molar-refractivity contribution in [3.63, 3.8) is 0 Å². The Balaban J connectivity index is 1.80. The monoisotopic (exact) mass is 286 g/mol. The van der Waals surface area contributed by atoms with Crippen molar-refractivity contribution in [2.45, 2.75) is 6.42 Å². The number of aromatic nitrogens is 1. The molecule has 0 spiro atoms. The summed E-state index contributed by atoms with van der Waals surface area (Å²) in [6, 6.07) is 9.61. The van der Waals surface area contributed by atoms with Gasteiger partial charge in [0.1, 0.15) is 5.69 Å². The minimum atomic E-state index is -0.387. The maximum absolute atomic E-state index is 12.0. The number of rotatable bonds is 2. The Labute approximate surface area is 120 Å². The Hall–Kier alpha value is -2.76. The van der Waals surface area contributed by atoms with Crippen LogP contribution in [0.3, 0.4) is 0 Å². The van der Waals surface area contributed by atoms with E-state index < -0.39 is 0 Å². The van der Waals surface area contributed by atoms with E-state index in [1.807, 2.05) is 0 Å². The van der Waals surface area contributed by atoms with E-state index in [9.17, 15) is 9.59 Å². The number of carbonyl (C=O) groups is 1. The number of nitrogens with one attached hydrogen (secondary N) is 2. The van der Waals surface area contributed by atoms with Gasteiger partial charge < -0.3 is 19.8 Å². The van der Waals surface area contributed by atoms with Gasteiger partial charge in [-0.25, -0.2) is 0 Å². The zero-order valence-electron chi connectivity index (χ0n) is 11.2. The predicted octanol–water partition coefficient (Wildman–Crippen LogP) is 1.79. The average Bonchev–Trinajstić information content (AvgIpc) is 2.72. The Morgan fingerprint density at radius 3 is 2.71 bits per heavy atom. The van der Waals surface area contributed by atoms with Crippen LogP contribution in [0.25, 0.3) is 0 Å². The van der Waals surface area contributed by atoms with Crippen LogP contribution in [-0.2, 0) is 0 Å². The summed E-state index contributed by atoms with van der Waals surface area (Å²) >= 11 is 0. The molecule has 0 atom stereocenters. The fraction of sp³-hybridized carbons (Fsp3) is 0.200. The van der Waals surface area contributed by atoms with E-state index >= 15 is 0 Å². The molecule has 1 aliphatic rings. The Morgan fingerprint density at radius 2 is 1.90 bits per heavy atom. The summed E-state index contributed by atoms with van der Waals surface area (Å²) in [6.07, 6.45) is 0.821. The fourth-order valence-corrected chi connectivity index (χ4v) is 2.02. The van der Waals surface area contributed by atoms with E-state index in [-0.39, 0.29) is 17.2 Å². The van der Waals surface area contributed by atoms with Crippen LogP contribution < -0.4 is 20.3 Å². The number of ether oxygens (including phenoxy) is 2. The van der Waals surface area contributed by atoms with Gasteiger partial charge in [0, 0.05) is 24.2 Å². The largest absolute Gasteiger partial charge is 0.490 e. The van der Waals surface area contributed by atoms with E-state index in [4.69, 9.17) is 9.47 Å². The summed E-state index contributed by atoms with van der Waals surface area (Å²) in [5, 5.41) is 2.71. The highest BCUT2D eigenvalue weighted by Crippen LogP contribution is 2.32. The highest BCUT2D eigenvalue weighted by Gasteiger charge is 2.12. The van der Waals surface area contributed by atoms with E-state index in [0.717, 1.165) is 6.42 Å². The molecule has 1 aromatic heterocycles. The SMILES string of the molecule is O=C(Nc1ccc2c(c1)OCCCO2)c1cccc(=O)[nH]1. The van der Waals surface area contributed by atoms with Crippen LogP contribution in [0.2, 0.25) is 0 Å². The molecule has 21 heavy (non-hydrogen) atoms. The van der Waals surface area contributed by atoms with Gasteiger partial charge in [-0.05, 0) is 18.2 Å². The molecule has 2 aromatic rings. The van der Waals surface area contributed by atoms with Crippen molar-refractivity contribution < 1.29 is 14.3 Å². The Kier molecular flexibility index (Phi) is 3.59. The molecule has 0 radical (unpaired) electrons. The lowest BCUT2D eigenvalue weighted by Gasteiger charge is -2.10. The van der Waals surface area contributed by atoms with Crippen LogP contribution in [0, 0.1) is 0 Å². The average molecular weight is 286 g/mol. The third kappa shape index (κ3) is 3.05. The maximum Gasteiger partial charge on any atom is 0.272 e. The highest BCUT2D eigenvalue weighted by atomic mass is 16.5. The first-order chi connectivity index (χ1) is 10.2. The van der Waals surface area contributed by atoms with E-state index in [1.54, 1.807) is 24.3 Å². The third-order valence-electron chi connectivity index (χ3n) is 3.02. The minimum absolute atomic E-state index is 0.203. The smallest absolute Gasteiger partial charge is 0.272 e. The van der Waals surface area contributed by atoms with Crippen molar-refractivity contribution in [3.05, 3.63) is 52.4 Å². The van der Waals surface area contributed by atoms with Gasteiger partial charge in [0.05, 0.1) is 13.2 Å². The fourth-order valence-electron chi connectivity index (χ4n) is 2.02. The lowest BCUT2D eigenvalue weighted by atomic mass is 10.2. The number of amides is 1. The van der Waals surface area contributed by atoms with Gasteiger partial charge in [-0.3, -0.25) is 9.59 Å². The number of aromatic amines is 1. The first-order valence-electron chi connectivity index (χ1n) is 6.63. The minimum Gasteiger partial charge on any atom is -0.490 e.